The minimum absolute atomic E-state index is 0.197. The molecule has 1 aromatic heterocycles. The Morgan fingerprint density at radius 2 is 2.22 bits per heavy atom. The normalized spacial score (nSPS) is 10.7. The number of rotatable bonds is 6. The van der Waals surface area contributed by atoms with Gasteiger partial charge in [-0.2, -0.15) is 5.10 Å². The van der Waals surface area contributed by atoms with Crippen molar-refractivity contribution in [1.82, 2.24) is 15.1 Å². The number of nitrogens with zero attached hydrogens (tertiary/aromatic N) is 2. The number of amides is 1. The first-order valence-corrected chi connectivity index (χ1v) is 5.90. The van der Waals surface area contributed by atoms with Crippen LogP contribution in [0.15, 0.2) is 16.9 Å². The molecule has 0 fully saturated rings. The van der Waals surface area contributed by atoms with Crippen LogP contribution in [0.5, 0.6) is 0 Å². The fraction of sp³-hybridized carbons (Fsp3) is 0.583. The van der Waals surface area contributed by atoms with Gasteiger partial charge in [0.2, 0.25) is 0 Å². The number of hydrogen-bond donors (Lipinski definition) is 1. The van der Waals surface area contributed by atoms with E-state index in [4.69, 9.17) is 4.74 Å². The van der Waals surface area contributed by atoms with Gasteiger partial charge in [-0.15, -0.1) is 0 Å². The Balaban J connectivity index is 2.77. The van der Waals surface area contributed by atoms with Gasteiger partial charge in [-0.3, -0.25) is 9.59 Å². The van der Waals surface area contributed by atoms with E-state index in [1.807, 2.05) is 13.8 Å². The average Bonchev–Trinajstić information content (AvgIpc) is 2.31. The van der Waals surface area contributed by atoms with Crippen LogP contribution in [0.1, 0.15) is 24.3 Å². The zero-order valence-electron chi connectivity index (χ0n) is 11.0. The van der Waals surface area contributed by atoms with E-state index in [9.17, 15) is 9.59 Å². The Kier molecular flexibility index (Phi) is 5.51. The van der Waals surface area contributed by atoms with Gasteiger partial charge in [-0.05, 0) is 12.0 Å². The molecule has 0 atom stereocenters. The fourth-order valence-electron chi connectivity index (χ4n) is 1.40. The van der Waals surface area contributed by atoms with Crippen LogP contribution in [0.25, 0.3) is 0 Å². The topological polar surface area (TPSA) is 73.2 Å². The van der Waals surface area contributed by atoms with Crippen LogP contribution < -0.4 is 10.9 Å². The van der Waals surface area contributed by atoms with Crippen molar-refractivity contribution in [3.8, 4) is 0 Å². The van der Waals surface area contributed by atoms with Gasteiger partial charge in [-0.25, -0.2) is 4.68 Å². The summed E-state index contributed by atoms with van der Waals surface area (Å²) in [6, 6.07) is 2.79. The molecule has 1 heterocycles. The number of carbonyl (C=O) groups is 1. The highest BCUT2D eigenvalue weighted by atomic mass is 16.5. The van der Waals surface area contributed by atoms with Crippen LogP contribution in [0.2, 0.25) is 0 Å². The number of nitrogens with one attached hydrogen (secondary N) is 1. The minimum Gasteiger partial charge on any atom is -0.383 e. The SMILES string of the molecule is COCCNC(=O)c1ccc(=O)n(CC(C)C)n1. The lowest BCUT2D eigenvalue weighted by Gasteiger charge is -2.09. The first-order valence-electron chi connectivity index (χ1n) is 5.90. The van der Waals surface area contributed by atoms with Crippen molar-refractivity contribution in [2.24, 2.45) is 5.92 Å². The third-order valence-electron chi connectivity index (χ3n) is 2.23. The molecule has 0 spiro atoms. The van der Waals surface area contributed by atoms with Crippen LogP contribution in [-0.4, -0.2) is 35.9 Å². The van der Waals surface area contributed by atoms with E-state index in [0.29, 0.717) is 25.6 Å². The maximum absolute atomic E-state index is 11.7. The summed E-state index contributed by atoms with van der Waals surface area (Å²) in [4.78, 5) is 23.3. The zero-order valence-corrected chi connectivity index (χ0v) is 11.0. The van der Waals surface area contributed by atoms with Crippen LogP contribution >= 0.6 is 0 Å². The number of aromatic nitrogens is 2. The van der Waals surface area contributed by atoms with Crippen LogP contribution in [0.4, 0.5) is 0 Å². The second-order valence-electron chi connectivity index (χ2n) is 4.38. The van der Waals surface area contributed by atoms with Crippen molar-refractivity contribution < 1.29 is 9.53 Å². The maximum Gasteiger partial charge on any atom is 0.271 e. The molecule has 6 heteroatoms. The fourth-order valence-corrected chi connectivity index (χ4v) is 1.40. The zero-order chi connectivity index (χ0) is 13.5. The van der Waals surface area contributed by atoms with Gasteiger partial charge in [0.1, 0.15) is 5.69 Å². The molecule has 6 nitrogen and oxygen atoms in total. The Labute approximate surface area is 106 Å². The summed E-state index contributed by atoms with van der Waals surface area (Å²) < 4.78 is 6.15. The summed E-state index contributed by atoms with van der Waals surface area (Å²) in [5.41, 5.74) is 0.0449. The van der Waals surface area contributed by atoms with Crippen molar-refractivity contribution in [1.29, 1.82) is 0 Å². The highest BCUT2D eigenvalue weighted by Crippen LogP contribution is 1.96. The van der Waals surface area contributed by atoms with E-state index >= 15 is 0 Å². The van der Waals surface area contributed by atoms with E-state index in [1.165, 1.54) is 16.8 Å². The van der Waals surface area contributed by atoms with Crippen molar-refractivity contribution in [2.45, 2.75) is 20.4 Å². The predicted molar refractivity (Wildman–Crippen MR) is 67.5 cm³/mol. The molecular formula is C12H19N3O3. The number of ether oxygens (including phenoxy) is 1. The Hall–Kier alpha value is -1.69. The molecule has 0 saturated heterocycles. The van der Waals surface area contributed by atoms with Gasteiger partial charge in [0.05, 0.1) is 6.61 Å². The summed E-state index contributed by atoms with van der Waals surface area (Å²) in [5.74, 6) is -0.00782. The maximum atomic E-state index is 11.7. The van der Waals surface area contributed by atoms with E-state index in [1.54, 1.807) is 7.11 Å². The summed E-state index contributed by atoms with van der Waals surface area (Å²) in [7, 11) is 1.56. The van der Waals surface area contributed by atoms with E-state index in [0.717, 1.165) is 0 Å². The van der Waals surface area contributed by atoms with E-state index in [2.05, 4.69) is 10.4 Å². The van der Waals surface area contributed by atoms with Gasteiger partial charge in [0.15, 0.2) is 0 Å². The van der Waals surface area contributed by atoms with Crippen LogP contribution in [0.3, 0.4) is 0 Å². The molecule has 100 valence electrons. The molecule has 1 N–H and O–H groups in total. The van der Waals surface area contributed by atoms with Gasteiger partial charge in [0.25, 0.3) is 11.5 Å². The van der Waals surface area contributed by atoms with Crippen molar-refractivity contribution in [2.75, 3.05) is 20.3 Å². The second-order valence-corrected chi connectivity index (χ2v) is 4.38. The molecule has 0 aliphatic heterocycles. The largest absolute Gasteiger partial charge is 0.383 e. The lowest BCUT2D eigenvalue weighted by Crippen LogP contribution is -2.32. The molecule has 0 saturated carbocycles. The quantitative estimate of drug-likeness (QED) is 0.739. The summed E-state index contributed by atoms with van der Waals surface area (Å²) in [5, 5.41) is 6.70. The summed E-state index contributed by atoms with van der Waals surface area (Å²) in [6.45, 7) is 5.33. The third-order valence-corrected chi connectivity index (χ3v) is 2.23. The molecule has 18 heavy (non-hydrogen) atoms. The first kappa shape index (κ1) is 14.4. The Morgan fingerprint density at radius 1 is 1.50 bits per heavy atom. The van der Waals surface area contributed by atoms with Crippen molar-refractivity contribution >= 4 is 5.91 Å². The van der Waals surface area contributed by atoms with Gasteiger partial charge in [-0.1, -0.05) is 13.8 Å². The smallest absolute Gasteiger partial charge is 0.271 e. The first-order chi connectivity index (χ1) is 8.54. The molecule has 1 aromatic rings. The lowest BCUT2D eigenvalue weighted by atomic mass is 10.2. The van der Waals surface area contributed by atoms with Crippen LogP contribution in [0, 0.1) is 5.92 Å². The molecule has 1 rings (SSSR count). The van der Waals surface area contributed by atoms with Gasteiger partial charge >= 0.3 is 0 Å². The molecule has 0 aliphatic carbocycles. The third kappa shape index (κ3) is 4.29. The highest BCUT2D eigenvalue weighted by molar-refractivity contribution is 5.91. The number of hydrogen-bond acceptors (Lipinski definition) is 4. The molecule has 0 aliphatic rings. The minimum atomic E-state index is -0.301. The molecule has 0 aromatic carbocycles. The van der Waals surface area contributed by atoms with Crippen molar-refractivity contribution in [3.63, 3.8) is 0 Å². The standard InChI is InChI=1S/C12H19N3O3/c1-9(2)8-15-11(16)5-4-10(14-15)12(17)13-6-7-18-3/h4-5,9H,6-8H2,1-3H3,(H,13,17). The van der Waals surface area contributed by atoms with Crippen molar-refractivity contribution in [3.05, 3.63) is 28.2 Å². The van der Waals surface area contributed by atoms with Gasteiger partial charge < -0.3 is 10.1 Å². The lowest BCUT2D eigenvalue weighted by molar-refractivity contribution is 0.0929. The Morgan fingerprint density at radius 3 is 2.83 bits per heavy atom. The summed E-state index contributed by atoms with van der Waals surface area (Å²) >= 11 is 0. The Bertz CT molecular complexity index is 454. The van der Waals surface area contributed by atoms with E-state index in [-0.39, 0.29) is 17.2 Å². The second kappa shape index (κ2) is 6.90. The van der Waals surface area contributed by atoms with Crippen LogP contribution in [-0.2, 0) is 11.3 Å². The number of carbonyl (C=O) groups excluding carboxylic acids is 1. The highest BCUT2D eigenvalue weighted by Gasteiger charge is 2.09. The molecular weight excluding hydrogens is 234 g/mol. The average molecular weight is 253 g/mol. The van der Waals surface area contributed by atoms with Gasteiger partial charge in [0, 0.05) is 26.3 Å². The number of methoxy groups -OCH3 is 1. The molecule has 0 bridgehead atoms. The molecule has 1 amide bonds. The predicted octanol–water partition coefficient (Wildman–Crippen LogP) is 0.275. The molecule has 0 unspecified atom stereocenters. The van der Waals surface area contributed by atoms with E-state index < -0.39 is 0 Å². The monoisotopic (exact) mass is 253 g/mol. The molecule has 0 radical (unpaired) electrons. The summed E-state index contributed by atoms with van der Waals surface area (Å²) in [6.07, 6.45) is 0.